The lowest BCUT2D eigenvalue weighted by atomic mass is 10.3. The maximum atomic E-state index is 9.08. The number of hydrogen-bond acceptors (Lipinski definition) is 2. The predicted octanol–water partition coefficient (Wildman–Crippen LogP) is 2.34. The molecule has 0 bridgehead atoms. The maximum Gasteiger partial charge on any atom is 0.138 e. The molecule has 0 aromatic carbocycles. The van der Waals surface area contributed by atoms with Crippen molar-refractivity contribution >= 4 is 27.5 Å². The number of aromatic hydroxyl groups is 1. The third-order valence-corrected chi connectivity index (χ3v) is 1.89. The minimum absolute atomic E-state index is 0.168. The third kappa shape index (κ3) is 1.61. The van der Waals surface area contributed by atoms with Gasteiger partial charge >= 0.3 is 0 Å². The Balaban J connectivity index is 3.09. The van der Waals surface area contributed by atoms with Gasteiger partial charge in [-0.05, 0) is 6.07 Å². The summed E-state index contributed by atoms with van der Waals surface area (Å²) >= 11 is 8.75. The molecule has 1 rings (SSSR count). The highest BCUT2D eigenvalue weighted by molar-refractivity contribution is 9.08. The number of halogens is 2. The molecule has 0 aliphatic rings. The average Bonchev–Trinajstić information content (AvgIpc) is 1.94. The Labute approximate surface area is 72.0 Å². The standard InChI is InChI=1S/C6H5BrClNO/c7-2-4-1-6(8)9-3-5(4)10/h1,3,10H,2H2. The van der Waals surface area contributed by atoms with Crippen LogP contribution < -0.4 is 0 Å². The quantitative estimate of drug-likeness (QED) is 0.584. The number of pyridine rings is 1. The van der Waals surface area contributed by atoms with Gasteiger partial charge in [0.05, 0.1) is 6.20 Å². The Morgan fingerprint density at radius 3 is 2.90 bits per heavy atom. The van der Waals surface area contributed by atoms with E-state index in [1.165, 1.54) is 6.20 Å². The van der Waals surface area contributed by atoms with Crippen molar-refractivity contribution in [3.63, 3.8) is 0 Å². The summed E-state index contributed by atoms with van der Waals surface area (Å²) in [5.41, 5.74) is 0.750. The molecular weight excluding hydrogens is 217 g/mol. The summed E-state index contributed by atoms with van der Waals surface area (Å²) in [4.78, 5) is 3.68. The summed E-state index contributed by atoms with van der Waals surface area (Å²) in [5, 5.41) is 10.1. The van der Waals surface area contributed by atoms with Gasteiger partial charge in [-0.2, -0.15) is 0 Å². The van der Waals surface area contributed by atoms with Crippen LogP contribution in [-0.2, 0) is 5.33 Å². The zero-order valence-electron chi connectivity index (χ0n) is 5.01. The summed E-state index contributed by atoms with van der Waals surface area (Å²) in [7, 11) is 0. The van der Waals surface area contributed by atoms with Crippen molar-refractivity contribution in [3.05, 3.63) is 23.0 Å². The number of rotatable bonds is 1. The van der Waals surface area contributed by atoms with E-state index in [1.807, 2.05) is 0 Å². The van der Waals surface area contributed by atoms with E-state index in [1.54, 1.807) is 6.07 Å². The van der Waals surface area contributed by atoms with Crippen LogP contribution in [0, 0.1) is 0 Å². The Morgan fingerprint density at radius 1 is 1.70 bits per heavy atom. The van der Waals surface area contributed by atoms with Gasteiger partial charge in [-0.25, -0.2) is 4.98 Å². The maximum absolute atomic E-state index is 9.08. The topological polar surface area (TPSA) is 33.1 Å². The highest BCUT2D eigenvalue weighted by atomic mass is 79.9. The highest BCUT2D eigenvalue weighted by Crippen LogP contribution is 2.20. The van der Waals surface area contributed by atoms with Crippen LogP contribution in [0.1, 0.15) is 5.56 Å². The molecule has 2 nitrogen and oxygen atoms in total. The lowest BCUT2D eigenvalue weighted by Crippen LogP contribution is -1.81. The van der Waals surface area contributed by atoms with Gasteiger partial charge in [-0.1, -0.05) is 27.5 Å². The SMILES string of the molecule is Oc1cnc(Cl)cc1CBr. The van der Waals surface area contributed by atoms with Crippen LogP contribution in [0.25, 0.3) is 0 Å². The molecule has 0 spiro atoms. The fourth-order valence-corrected chi connectivity index (χ4v) is 1.20. The zero-order valence-corrected chi connectivity index (χ0v) is 7.35. The van der Waals surface area contributed by atoms with E-state index in [0.717, 1.165) is 5.56 Å². The number of alkyl halides is 1. The molecule has 1 N–H and O–H groups in total. The van der Waals surface area contributed by atoms with Gasteiger partial charge in [0, 0.05) is 10.9 Å². The summed E-state index contributed by atoms with van der Waals surface area (Å²) in [6.07, 6.45) is 1.33. The Kier molecular flexibility index (Phi) is 2.51. The van der Waals surface area contributed by atoms with Crippen molar-refractivity contribution in [2.75, 3.05) is 0 Å². The van der Waals surface area contributed by atoms with Crippen LogP contribution in [0.5, 0.6) is 5.75 Å². The van der Waals surface area contributed by atoms with Gasteiger partial charge in [-0.15, -0.1) is 0 Å². The molecule has 1 heterocycles. The summed E-state index contributed by atoms with van der Waals surface area (Å²) in [6, 6.07) is 1.62. The number of hydrogen-bond donors (Lipinski definition) is 1. The van der Waals surface area contributed by atoms with E-state index in [0.29, 0.717) is 10.5 Å². The number of nitrogens with zero attached hydrogens (tertiary/aromatic N) is 1. The molecular formula is C6H5BrClNO. The van der Waals surface area contributed by atoms with Crippen molar-refractivity contribution in [2.24, 2.45) is 0 Å². The fraction of sp³-hybridized carbons (Fsp3) is 0.167. The molecule has 10 heavy (non-hydrogen) atoms. The van der Waals surface area contributed by atoms with E-state index in [9.17, 15) is 0 Å². The van der Waals surface area contributed by atoms with E-state index in [2.05, 4.69) is 20.9 Å². The summed E-state index contributed by atoms with van der Waals surface area (Å²) in [5.74, 6) is 0.168. The normalized spacial score (nSPS) is 9.80. The minimum Gasteiger partial charge on any atom is -0.506 e. The van der Waals surface area contributed by atoms with Gasteiger partial charge < -0.3 is 5.11 Å². The van der Waals surface area contributed by atoms with E-state index in [-0.39, 0.29) is 5.75 Å². The van der Waals surface area contributed by atoms with Crippen molar-refractivity contribution in [1.82, 2.24) is 4.98 Å². The van der Waals surface area contributed by atoms with Crippen molar-refractivity contribution in [2.45, 2.75) is 5.33 Å². The largest absolute Gasteiger partial charge is 0.506 e. The van der Waals surface area contributed by atoms with Gasteiger partial charge in [0.2, 0.25) is 0 Å². The highest BCUT2D eigenvalue weighted by Gasteiger charge is 1.99. The molecule has 4 heteroatoms. The molecule has 54 valence electrons. The predicted molar refractivity (Wildman–Crippen MR) is 43.5 cm³/mol. The summed E-state index contributed by atoms with van der Waals surface area (Å²) in [6.45, 7) is 0. The Bertz CT molecular complexity index is 241. The first kappa shape index (κ1) is 7.82. The van der Waals surface area contributed by atoms with Crippen molar-refractivity contribution < 1.29 is 5.11 Å². The lowest BCUT2D eigenvalue weighted by molar-refractivity contribution is 0.468. The van der Waals surface area contributed by atoms with Crippen molar-refractivity contribution in [3.8, 4) is 5.75 Å². The van der Waals surface area contributed by atoms with Crippen LogP contribution in [0.15, 0.2) is 12.3 Å². The van der Waals surface area contributed by atoms with Gasteiger partial charge in [-0.3, -0.25) is 0 Å². The molecule has 1 aromatic heterocycles. The molecule has 0 fully saturated rings. The lowest BCUT2D eigenvalue weighted by Gasteiger charge is -1.98. The van der Waals surface area contributed by atoms with Crippen LogP contribution in [0.3, 0.4) is 0 Å². The van der Waals surface area contributed by atoms with E-state index < -0.39 is 0 Å². The second kappa shape index (κ2) is 3.21. The van der Waals surface area contributed by atoms with E-state index in [4.69, 9.17) is 16.7 Å². The smallest absolute Gasteiger partial charge is 0.138 e. The third-order valence-electron chi connectivity index (χ3n) is 1.08. The van der Waals surface area contributed by atoms with Crippen LogP contribution in [-0.4, -0.2) is 10.1 Å². The number of aromatic nitrogens is 1. The van der Waals surface area contributed by atoms with Crippen LogP contribution >= 0.6 is 27.5 Å². The average molecular weight is 222 g/mol. The Morgan fingerprint density at radius 2 is 2.40 bits per heavy atom. The molecule has 0 aliphatic heterocycles. The second-order valence-electron chi connectivity index (χ2n) is 1.77. The molecule has 1 aromatic rings. The molecule has 0 saturated heterocycles. The van der Waals surface area contributed by atoms with Crippen molar-refractivity contribution in [1.29, 1.82) is 0 Å². The van der Waals surface area contributed by atoms with Crippen LogP contribution in [0.2, 0.25) is 5.15 Å². The first-order valence-electron chi connectivity index (χ1n) is 2.63. The van der Waals surface area contributed by atoms with Gasteiger partial charge in [0.1, 0.15) is 10.9 Å². The molecule has 0 saturated carbocycles. The fourth-order valence-electron chi connectivity index (χ4n) is 0.568. The monoisotopic (exact) mass is 221 g/mol. The molecule has 0 amide bonds. The Hall–Kier alpha value is -0.280. The minimum atomic E-state index is 0.168. The second-order valence-corrected chi connectivity index (χ2v) is 2.72. The first-order chi connectivity index (χ1) is 4.74. The van der Waals surface area contributed by atoms with E-state index >= 15 is 0 Å². The molecule has 0 atom stereocenters. The molecule has 0 radical (unpaired) electrons. The van der Waals surface area contributed by atoms with Gasteiger partial charge in [0.15, 0.2) is 0 Å². The summed E-state index contributed by atoms with van der Waals surface area (Å²) < 4.78 is 0. The first-order valence-corrected chi connectivity index (χ1v) is 4.13. The molecule has 0 unspecified atom stereocenters. The zero-order chi connectivity index (χ0) is 7.56. The molecule has 0 aliphatic carbocycles. The van der Waals surface area contributed by atoms with Gasteiger partial charge in [0.25, 0.3) is 0 Å². The van der Waals surface area contributed by atoms with Crippen LogP contribution in [0.4, 0.5) is 0 Å².